The Bertz CT molecular complexity index is 3220. The standard InChI is InChI=1S/C53H42N6O4/c1-59-33-43(28-39-14-6-8-16-49(39)59)58-52(62)40-22-17-34-23-24-44-46(45(34)29-40)30-41(53(63)57-42-27-38-13-5-7-15-47(38)56-32-42)31-48(44)54-25-9-10-26-55-51(61)37-20-18-36(19-21-37)50(60)35-11-3-2-4-12-35/h2-8,11-24,27-33H,9-10,25-26H2,1H3,(H3-,54,55,57,58,61,62,63)/p+1. The molecule has 3 amide bonds. The largest absolute Gasteiger partial charge is 0.385 e. The summed E-state index contributed by atoms with van der Waals surface area (Å²) in [7, 11) is 1.95. The second kappa shape index (κ2) is 17.8. The van der Waals surface area contributed by atoms with Crippen molar-refractivity contribution in [2.75, 3.05) is 29.0 Å². The number of aromatic nitrogens is 2. The van der Waals surface area contributed by atoms with Gasteiger partial charge in [-0.05, 0) is 89.7 Å². The third-order valence-electron chi connectivity index (χ3n) is 11.2. The van der Waals surface area contributed by atoms with Crippen LogP contribution >= 0.6 is 0 Å². The van der Waals surface area contributed by atoms with Crippen LogP contribution in [0.15, 0.2) is 170 Å². The molecular weight excluding hydrogens is 785 g/mol. The molecule has 0 bridgehead atoms. The third-order valence-corrected chi connectivity index (χ3v) is 11.2. The first kappa shape index (κ1) is 40.2. The summed E-state index contributed by atoms with van der Waals surface area (Å²) in [6, 6.07) is 48.7. The molecule has 9 aromatic rings. The highest BCUT2D eigenvalue weighted by Gasteiger charge is 2.17. The zero-order valence-electron chi connectivity index (χ0n) is 34.5. The predicted molar refractivity (Wildman–Crippen MR) is 251 cm³/mol. The van der Waals surface area contributed by atoms with Crippen LogP contribution in [0, 0.1) is 0 Å². The minimum absolute atomic E-state index is 0.0937. The van der Waals surface area contributed by atoms with Crippen LogP contribution in [0.1, 0.15) is 59.8 Å². The maximum absolute atomic E-state index is 14.0. The third kappa shape index (κ3) is 8.82. The van der Waals surface area contributed by atoms with Crippen LogP contribution in [0.3, 0.4) is 0 Å². The summed E-state index contributed by atoms with van der Waals surface area (Å²) in [5.74, 6) is -0.849. The number of aryl methyl sites for hydroxylation is 1. The van der Waals surface area contributed by atoms with E-state index in [1.807, 2.05) is 139 Å². The normalized spacial score (nSPS) is 11.1. The zero-order chi connectivity index (χ0) is 43.3. The van der Waals surface area contributed by atoms with Crippen LogP contribution in [0.25, 0.3) is 43.4 Å². The van der Waals surface area contributed by atoms with Crippen molar-refractivity contribution in [1.29, 1.82) is 0 Å². The molecule has 2 heterocycles. The zero-order valence-corrected chi connectivity index (χ0v) is 34.5. The van der Waals surface area contributed by atoms with Gasteiger partial charge in [-0.25, -0.2) is 0 Å². The molecule has 0 aliphatic rings. The van der Waals surface area contributed by atoms with Gasteiger partial charge in [-0.15, -0.1) is 0 Å². The number of unbranched alkanes of at least 4 members (excludes halogenated alkanes) is 1. The highest BCUT2D eigenvalue weighted by molar-refractivity contribution is 6.18. The summed E-state index contributed by atoms with van der Waals surface area (Å²) < 4.78 is 1.99. The SMILES string of the molecule is C[n+]1cc(NC(=O)c2ccc3ccc4c(NCCCCNC(=O)c5ccc(C(=O)c6ccccc6)cc5)cc(C(=O)Nc5cnc6ccccc6c5)cc4c3c2)cc2ccccc21. The van der Waals surface area contributed by atoms with Crippen LogP contribution in [0.2, 0.25) is 0 Å². The Morgan fingerprint density at radius 1 is 0.508 bits per heavy atom. The number of hydrogen-bond acceptors (Lipinski definition) is 6. The van der Waals surface area contributed by atoms with Gasteiger partial charge >= 0.3 is 0 Å². The molecule has 10 heteroatoms. The number of rotatable bonds is 13. The van der Waals surface area contributed by atoms with E-state index in [1.165, 1.54) is 0 Å². The lowest BCUT2D eigenvalue weighted by atomic mass is 9.96. The van der Waals surface area contributed by atoms with Gasteiger partial charge in [-0.3, -0.25) is 24.2 Å². The second-order valence-electron chi connectivity index (χ2n) is 15.5. The quantitative estimate of drug-likeness (QED) is 0.0396. The molecular formula is C53H43N6O4+. The highest BCUT2D eigenvalue weighted by atomic mass is 16.2. The molecule has 0 aliphatic carbocycles. The molecule has 63 heavy (non-hydrogen) atoms. The number of hydrogen-bond donors (Lipinski definition) is 4. The van der Waals surface area contributed by atoms with Crippen LogP contribution in [0.4, 0.5) is 17.1 Å². The van der Waals surface area contributed by atoms with E-state index in [0.717, 1.165) is 55.5 Å². The van der Waals surface area contributed by atoms with Crippen LogP contribution < -0.4 is 25.8 Å². The first-order valence-electron chi connectivity index (χ1n) is 20.9. The number of nitrogens with zero attached hydrogens (tertiary/aromatic N) is 2. The number of nitrogens with one attached hydrogen (secondary N) is 4. The van der Waals surface area contributed by atoms with Crippen LogP contribution in [-0.4, -0.2) is 41.6 Å². The molecule has 0 aliphatic heterocycles. The van der Waals surface area contributed by atoms with E-state index in [-0.39, 0.29) is 23.5 Å². The van der Waals surface area contributed by atoms with Crippen molar-refractivity contribution in [3.63, 3.8) is 0 Å². The van der Waals surface area contributed by atoms with E-state index in [9.17, 15) is 19.2 Å². The van der Waals surface area contributed by atoms with Gasteiger partial charge in [0.1, 0.15) is 12.7 Å². The number of pyridine rings is 2. The van der Waals surface area contributed by atoms with Gasteiger partial charge in [0.2, 0.25) is 5.52 Å². The fraction of sp³-hybridized carbons (Fsp3) is 0.0943. The average molecular weight is 828 g/mol. The van der Waals surface area contributed by atoms with E-state index >= 15 is 0 Å². The van der Waals surface area contributed by atoms with Crippen molar-refractivity contribution in [3.05, 3.63) is 198 Å². The number of amides is 3. The number of carbonyl (C=O) groups excluding carboxylic acids is 4. The van der Waals surface area contributed by atoms with Crippen molar-refractivity contribution in [3.8, 4) is 0 Å². The molecule has 2 aromatic heterocycles. The molecule has 4 N–H and O–H groups in total. The van der Waals surface area contributed by atoms with E-state index in [2.05, 4.69) is 26.3 Å². The van der Waals surface area contributed by atoms with E-state index < -0.39 is 0 Å². The molecule has 0 unspecified atom stereocenters. The monoisotopic (exact) mass is 827 g/mol. The summed E-state index contributed by atoms with van der Waals surface area (Å²) in [5, 5.41) is 18.0. The number of fused-ring (bicyclic) bond motifs is 5. The second-order valence-corrected chi connectivity index (χ2v) is 15.5. The fourth-order valence-electron chi connectivity index (χ4n) is 7.92. The molecule has 0 radical (unpaired) electrons. The summed E-state index contributed by atoms with van der Waals surface area (Å²) in [6.45, 7) is 1.03. The molecule has 0 fully saturated rings. The van der Waals surface area contributed by atoms with Gasteiger partial charge in [-0.1, -0.05) is 91.0 Å². The van der Waals surface area contributed by atoms with Gasteiger partial charge in [0.15, 0.2) is 12.0 Å². The molecule has 0 spiro atoms. The average Bonchev–Trinajstić information content (AvgIpc) is 3.32. The first-order valence-corrected chi connectivity index (χ1v) is 20.9. The Balaban J connectivity index is 0.929. The van der Waals surface area contributed by atoms with E-state index in [4.69, 9.17) is 0 Å². The topological polar surface area (TPSA) is 133 Å². The molecule has 0 atom stereocenters. The summed E-state index contributed by atoms with van der Waals surface area (Å²) in [5.41, 5.74) is 6.43. The van der Waals surface area contributed by atoms with Gasteiger partial charge < -0.3 is 21.3 Å². The Labute approximate surface area is 363 Å². The highest BCUT2D eigenvalue weighted by Crippen LogP contribution is 2.33. The molecule has 10 nitrogen and oxygen atoms in total. The summed E-state index contributed by atoms with van der Waals surface area (Å²) in [4.78, 5) is 58.0. The fourth-order valence-corrected chi connectivity index (χ4v) is 7.92. The number of benzene rings is 7. The predicted octanol–water partition coefficient (Wildman–Crippen LogP) is 9.88. The molecule has 0 saturated carbocycles. The minimum atomic E-state index is -0.299. The van der Waals surface area contributed by atoms with Gasteiger partial charge in [-0.2, -0.15) is 4.57 Å². The number of ketones is 1. The summed E-state index contributed by atoms with van der Waals surface area (Å²) >= 11 is 0. The van der Waals surface area contributed by atoms with Crippen molar-refractivity contribution in [2.45, 2.75) is 12.8 Å². The van der Waals surface area contributed by atoms with Gasteiger partial charge in [0, 0.05) is 68.8 Å². The number of carbonyl (C=O) groups is 4. The number of anilines is 3. The summed E-state index contributed by atoms with van der Waals surface area (Å²) in [6.07, 6.45) is 4.98. The van der Waals surface area contributed by atoms with Gasteiger partial charge in [0.25, 0.3) is 17.7 Å². The molecule has 308 valence electrons. The minimum Gasteiger partial charge on any atom is -0.385 e. The molecule has 9 rings (SSSR count). The maximum Gasteiger partial charge on any atom is 0.255 e. The molecule has 7 aromatic carbocycles. The maximum atomic E-state index is 14.0. The van der Waals surface area contributed by atoms with Crippen LogP contribution in [0.5, 0.6) is 0 Å². The van der Waals surface area contributed by atoms with Crippen molar-refractivity contribution in [2.24, 2.45) is 7.05 Å². The van der Waals surface area contributed by atoms with Crippen molar-refractivity contribution >= 4 is 83.9 Å². The lowest BCUT2D eigenvalue weighted by molar-refractivity contribution is -0.644. The molecule has 0 saturated heterocycles. The van der Waals surface area contributed by atoms with Crippen molar-refractivity contribution in [1.82, 2.24) is 10.3 Å². The van der Waals surface area contributed by atoms with Gasteiger partial charge in [0.05, 0.1) is 17.4 Å². The lowest BCUT2D eigenvalue weighted by Gasteiger charge is -2.15. The Morgan fingerprint density at radius 2 is 1.14 bits per heavy atom. The smallest absolute Gasteiger partial charge is 0.255 e. The van der Waals surface area contributed by atoms with Crippen LogP contribution in [-0.2, 0) is 7.05 Å². The number of para-hydroxylation sites is 2. The Morgan fingerprint density at radius 3 is 1.98 bits per heavy atom. The van der Waals surface area contributed by atoms with Crippen molar-refractivity contribution < 1.29 is 23.7 Å². The van der Waals surface area contributed by atoms with E-state index in [0.29, 0.717) is 58.7 Å². The first-order chi connectivity index (χ1) is 30.8. The van der Waals surface area contributed by atoms with E-state index in [1.54, 1.807) is 42.6 Å². The Hall–Kier alpha value is -8.24. The lowest BCUT2D eigenvalue weighted by Crippen LogP contribution is -2.29. The Kier molecular flexibility index (Phi) is 11.3.